The van der Waals surface area contributed by atoms with Gasteiger partial charge in [0, 0.05) is 13.1 Å². The number of nitrogens with two attached hydrogens (primary N) is 1. The van der Waals surface area contributed by atoms with Gasteiger partial charge in [0.1, 0.15) is 0 Å². The third-order valence-electron chi connectivity index (χ3n) is 3.95. The topological polar surface area (TPSA) is 75.4 Å². The lowest BCUT2D eigenvalue weighted by molar-refractivity contribution is 0.342. The van der Waals surface area contributed by atoms with Crippen molar-refractivity contribution < 1.29 is 8.42 Å². The maximum absolute atomic E-state index is 12.3. The van der Waals surface area contributed by atoms with Crippen LogP contribution in [0.5, 0.6) is 0 Å². The van der Waals surface area contributed by atoms with E-state index in [-0.39, 0.29) is 10.6 Å². The highest BCUT2D eigenvalue weighted by Crippen LogP contribution is 2.27. The van der Waals surface area contributed by atoms with Gasteiger partial charge in [-0.15, -0.1) is 0 Å². The van der Waals surface area contributed by atoms with Gasteiger partial charge in [-0.3, -0.25) is 0 Å². The van der Waals surface area contributed by atoms with E-state index in [0.717, 1.165) is 26.1 Å². The van der Waals surface area contributed by atoms with E-state index in [1.54, 1.807) is 13.0 Å². The Kier molecular flexibility index (Phi) is 5.14. The molecule has 0 aromatic heterocycles. The van der Waals surface area contributed by atoms with Crippen molar-refractivity contribution in [3.05, 3.63) is 22.7 Å². The first-order valence-corrected chi connectivity index (χ1v) is 8.97. The van der Waals surface area contributed by atoms with E-state index < -0.39 is 10.0 Å². The summed E-state index contributed by atoms with van der Waals surface area (Å²) in [6.45, 7) is 7.31. The molecule has 0 aliphatic carbocycles. The Morgan fingerprint density at radius 1 is 1.48 bits per heavy atom. The van der Waals surface area contributed by atoms with Crippen molar-refractivity contribution in [3.63, 3.8) is 0 Å². The first kappa shape index (κ1) is 16.5. The number of likely N-dealkylation sites (tertiary alicyclic amines) is 1. The minimum atomic E-state index is -3.54. The number of halogens is 1. The highest BCUT2D eigenvalue weighted by molar-refractivity contribution is 7.89. The van der Waals surface area contributed by atoms with Gasteiger partial charge in [-0.05, 0) is 50.0 Å². The van der Waals surface area contributed by atoms with Crippen molar-refractivity contribution in [2.45, 2.75) is 25.2 Å². The summed E-state index contributed by atoms with van der Waals surface area (Å²) in [7, 11) is -3.54. The summed E-state index contributed by atoms with van der Waals surface area (Å²) < 4.78 is 27.3. The predicted octanol–water partition coefficient (Wildman–Crippen LogP) is 1.85. The molecule has 1 saturated heterocycles. The quantitative estimate of drug-likeness (QED) is 0.807. The lowest BCUT2D eigenvalue weighted by Crippen LogP contribution is -2.31. The van der Waals surface area contributed by atoms with E-state index in [0.29, 0.717) is 23.0 Å². The molecule has 0 amide bonds. The Morgan fingerprint density at radius 3 is 2.76 bits per heavy atom. The van der Waals surface area contributed by atoms with Crippen LogP contribution in [0.2, 0.25) is 5.02 Å². The Labute approximate surface area is 131 Å². The highest BCUT2D eigenvalue weighted by Gasteiger charge is 2.24. The standard InChI is InChI=1S/C14H22ClN3O2S/c1-3-18-5-4-11(9-18)8-17-21(19,20)12-6-10(2)14(15)13(16)7-12/h6-7,11,17H,3-5,8-9,16H2,1-2H3. The minimum absolute atomic E-state index is 0.173. The molecule has 5 nitrogen and oxygen atoms in total. The first-order chi connectivity index (χ1) is 9.83. The number of hydrogen-bond acceptors (Lipinski definition) is 4. The molecule has 2 rings (SSSR count). The molecule has 0 radical (unpaired) electrons. The monoisotopic (exact) mass is 331 g/mol. The number of hydrogen-bond donors (Lipinski definition) is 2. The first-order valence-electron chi connectivity index (χ1n) is 7.11. The van der Waals surface area contributed by atoms with Crippen LogP contribution in [-0.2, 0) is 10.0 Å². The number of aryl methyl sites for hydroxylation is 1. The number of rotatable bonds is 5. The number of benzene rings is 1. The molecule has 7 heteroatoms. The van der Waals surface area contributed by atoms with Crippen LogP contribution >= 0.6 is 11.6 Å². The van der Waals surface area contributed by atoms with Gasteiger partial charge in [0.05, 0.1) is 15.6 Å². The average Bonchev–Trinajstić information content (AvgIpc) is 2.90. The van der Waals surface area contributed by atoms with Crippen LogP contribution in [0.4, 0.5) is 5.69 Å². The fraction of sp³-hybridized carbons (Fsp3) is 0.571. The molecule has 3 N–H and O–H groups in total. The molecule has 1 heterocycles. The Hall–Kier alpha value is -0.820. The smallest absolute Gasteiger partial charge is 0.240 e. The lowest BCUT2D eigenvalue weighted by Gasteiger charge is -2.14. The molecule has 1 fully saturated rings. The number of sulfonamides is 1. The van der Waals surface area contributed by atoms with Gasteiger partial charge in [0.15, 0.2) is 0 Å². The highest BCUT2D eigenvalue weighted by atomic mass is 35.5. The second-order valence-electron chi connectivity index (χ2n) is 5.54. The zero-order valence-corrected chi connectivity index (χ0v) is 14.0. The second-order valence-corrected chi connectivity index (χ2v) is 7.69. The van der Waals surface area contributed by atoms with Crippen LogP contribution in [-0.4, -0.2) is 39.5 Å². The van der Waals surface area contributed by atoms with E-state index in [2.05, 4.69) is 16.5 Å². The Bertz CT molecular complexity index is 596. The zero-order valence-electron chi connectivity index (χ0n) is 12.4. The molecule has 1 unspecified atom stereocenters. The molecule has 21 heavy (non-hydrogen) atoms. The van der Waals surface area contributed by atoms with E-state index in [9.17, 15) is 8.42 Å². The molecule has 1 atom stereocenters. The van der Waals surface area contributed by atoms with Crippen molar-refractivity contribution >= 4 is 27.3 Å². The van der Waals surface area contributed by atoms with Crippen molar-refractivity contribution in [2.75, 3.05) is 31.9 Å². The maximum atomic E-state index is 12.3. The summed E-state index contributed by atoms with van der Waals surface area (Å²) in [6.07, 6.45) is 1.03. The van der Waals surface area contributed by atoms with Crippen LogP contribution in [0.25, 0.3) is 0 Å². The summed E-state index contributed by atoms with van der Waals surface area (Å²) in [5.74, 6) is 0.366. The van der Waals surface area contributed by atoms with E-state index >= 15 is 0 Å². The van der Waals surface area contributed by atoms with Gasteiger partial charge >= 0.3 is 0 Å². The van der Waals surface area contributed by atoms with Crippen LogP contribution in [0.3, 0.4) is 0 Å². The number of nitrogens with zero attached hydrogens (tertiary/aromatic N) is 1. The van der Waals surface area contributed by atoms with Crippen LogP contribution in [0.1, 0.15) is 18.9 Å². The largest absolute Gasteiger partial charge is 0.397 e. The van der Waals surface area contributed by atoms with Crippen molar-refractivity contribution in [1.29, 1.82) is 0 Å². The van der Waals surface area contributed by atoms with E-state index in [1.165, 1.54) is 6.07 Å². The molecule has 1 aromatic carbocycles. The third kappa shape index (κ3) is 3.88. The van der Waals surface area contributed by atoms with Crippen LogP contribution < -0.4 is 10.5 Å². The van der Waals surface area contributed by atoms with Crippen LogP contribution in [0.15, 0.2) is 17.0 Å². The van der Waals surface area contributed by atoms with Gasteiger partial charge in [0.25, 0.3) is 0 Å². The Balaban J connectivity index is 2.05. The minimum Gasteiger partial charge on any atom is -0.397 e. The molecular weight excluding hydrogens is 310 g/mol. The fourth-order valence-corrected chi connectivity index (χ4v) is 3.94. The van der Waals surface area contributed by atoms with Crippen molar-refractivity contribution in [2.24, 2.45) is 5.92 Å². The Morgan fingerprint density at radius 2 is 2.19 bits per heavy atom. The lowest BCUT2D eigenvalue weighted by atomic mass is 10.1. The fourth-order valence-electron chi connectivity index (χ4n) is 2.60. The molecule has 1 aliphatic heterocycles. The van der Waals surface area contributed by atoms with Gasteiger partial charge in [0.2, 0.25) is 10.0 Å². The second kappa shape index (κ2) is 6.52. The average molecular weight is 332 g/mol. The van der Waals surface area contributed by atoms with Gasteiger partial charge in [-0.1, -0.05) is 18.5 Å². The number of nitrogen functional groups attached to an aromatic ring is 1. The molecule has 118 valence electrons. The van der Waals surface area contributed by atoms with Gasteiger partial charge < -0.3 is 10.6 Å². The summed E-state index contributed by atoms with van der Waals surface area (Å²) in [5, 5.41) is 0.406. The molecule has 1 aliphatic rings. The zero-order chi connectivity index (χ0) is 15.6. The van der Waals surface area contributed by atoms with Gasteiger partial charge in [-0.25, -0.2) is 13.1 Å². The molecular formula is C14H22ClN3O2S. The molecule has 0 spiro atoms. The molecule has 1 aromatic rings. The summed E-state index contributed by atoms with van der Waals surface area (Å²) in [5.41, 5.74) is 6.69. The van der Waals surface area contributed by atoms with Crippen molar-refractivity contribution in [3.8, 4) is 0 Å². The SMILES string of the molecule is CCN1CCC(CNS(=O)(=O)c2cc(C)c(Cl)c(N)c2)C1. The number of nitrogens with one attached hydrogen (secondary N) is 1. The number of anilines is 1. The normalized spacial score (nSPS) is 20.0. The van der Waals surface area contributed by atoms with E-state index in [1.807, 2.05) is 0 Å². The summed E-state index contributed by atoms with van der Waals surface area (Å²) in [4.78, 5) is 2.50. The van der Waals surface area contributed by atoms with E-state index in [4.69, 9.17) is 17.3 Å². The van der Waals surface area contributed by atoms with Crippen molar-refractivity contribution in [1.82, 2.24) is 9.62 Å². The predicted molar refractivity (Wildman–Crippen MR) is 86.0 cm³/mol. The molecule has 0 bridgehead atoms. The molecule has 0 saturated carbocycles. The van der Waals surface area contributed by atoms with Crippen LogP contribution in [0, 0.1) is 12.8 Å². The van der Waals surface area contributed by atoms with Gasteiger partial charge in [-0.2, -0.15) is 0 Å². The summed E-state index contributed by atoms with van der Waals surface area (Å²) in [6, 6.07) is 2.96. The maximum Gasteiger partial charge on any atom is 0.240 e. The third-order valence-corrected chi connectivity index (χ3v) is 5.87. The summed E-state index contributed by atoms with van der Waals surface area (Å²) >= 11 is 5.97.